The molecule has 1 fully saturated rings. The molecule has 4 rings (SSSR count). The summed E-state index contributed by atoms with van der Waals surface area (Å²) >= 11 is 1.89. The normalized spacial score (nSPS) is 20.3. The molecule has 7 heteroatoms. The number of nitrogens with zero attached hydrogens (tertiary/aromatic N) is 2. The maximum absolute atomic E-state index is 13.3. The van der Waals surface area contributed by atoms with Gasteiger partial charge in [0.2, 0.25) is 0 Å². The molecule has 0 saturated heterocycles. The Morgan fingerprint density at radius 1 is 1.15 bits per heavy atom. The fourth-order valence-corrected chi connectivity index (χ4v) is 3.83. The number of fused-ring (bicyclic) bond motifs is 1. The number of hydrogen-bond acceptors (Lipinski definition) is 2. The number of hydrogen-bond donors (Lipinski definition) is 0. The third kappa shape index (κ3) is 3.59. The fourth-order valence-electron chi connectivity index (χ4n) is 3.22. The molecule has 136 valence electrons. The number of imidazole rings is 1. The molecule has 1 aliphatic carbocycles. The average Bonchev–Trinajstić information content (AvgIpc) is 2.95. The molecule has 1 aliphatic rings. The van der Waals surface area contributed by atoms with Crippen molar-refractivity contribution in [3.8, 4) is 0 Å². The van der Waals surface area contributed by atoms with Gasteiger partial charge < -0.3 is 9.14 Å². The van der Waals surface area contributed by atoms with Crippen molar-refractivity contribution in [2.75, 3.05) is 0 Å². The lowest BCUT2D eigenvalue weighted by atomic mass is 9.80. The van der Waals surface area contributed by atoms with Gasteiger partial charge in [-0.05, 0) is 47.1 Å². The number of halogens is 4. The molecule has 1 aromatic carbocycles. The van der Waals surface area contributed by atoms with E-state index in [2.05, 4.69) is 4.98 Å². The Morgan fingerprint density at radius 3 is 2.58 bits per heavy atom. The van der Waals surface area contributed by atoms with Gasteiger partial charge in [0.15, 0.2) is 0 Å². The second kappa shape index (κ2) is 6.84. The number of benzene rings is 1. The number of rotatable bonds is 4. The van der Waals surface area contributed by atoms with Gasteiger partial charge in [-0.2, -0.15) is 13.2 Å². The van der Waals surface area contributed by atoms with Crippen molar-refractivity contribution in [2.24, 2.45) is 0 Å². The van der Waals surface area contributed by atoms with Gasteiger partial charge in [-0.1, -0.05) is 30.3 Å². The molecule has 0 spiro atoms. The van der Waals surface area contributed by atoms with Crippen molar-refractivity contribution < 1.29 is 17.9 Å². The number of ether oxygens (including phenoxy) is 1. The molecule has 3 nitrogen and oxygen atoms in total. The molecular weight excluding hydrogens is 456 g/mol. The number of alkyl halides is 3. The third-order valence-electron chi connectivity index (χ3n) is 4.68. The smallest absolute Gasteiger partial charge is 0.373 e. The zero-order chi connectivity index (χ0) is 18.3. The van der Waals surface area contributed by atoms with E-state index in [1.165, 1.54) is 4.40 Å². The second-order valence-electron chi connectivity index (χ2n) is 6.55. The van der Waals surface area contributed by atoms with Crippen LogP contribution in [0, 0.1) is 3.57 Å². The molecule has 0 N–H and O–H groups in total. The van der Waals surface area contributed by atoms with Gasteiger partial charge >= 0.3 is 6.18 Å². The molecule has 0 unspecified atom stereocenters. The first-order valence-corrected chi connectivity index (χ1v) is 9.39. The summed E-state index contributed by atoms with van der Waals surface area (Å²) < 4.78 is 47.6. The standard InChI is InChI=1S/C19H16F3IN2O/c20-19(21,22)16-8-14(23)9-25-10-17(24-18(16)25)13-6-15(7-13)26-11-12-4-2-1-3-5-12/h1-5,8-10,13,15H,6-7,11H2. The van der Waals surface area contributed by atoms with E-state index in [0.29, 0.717) is 15.9 Å². The van der Waals surface area contributed by atoms with Crippen LogP contribution in [-0.2, 0) is 17.5 Å². The summed E-state index contributed by atoms with van der Waals surface area (Å²) in [7, 11) is 0. The predicted molar refractivity (Wildman–Crippen MR) is 99.9 cm³/mol. The Bertz CT molecular complexity index is 918. The quantitative estimate of drug-likeness (QED) is 0.475. The lowest BCUT2D eigenvalue weighted by Crippen LogP contribution is -2.29. The minimum absolute atomic E-state index is 0.0263. The zero-order valence-corrected chi connectivity index (χ0v) is 15.9. The highest BCUT2D eigenvalue weighted by Crippen LogP contribution is 2.40. The fraction of sp³-hybridized carbons (Fsp3) is 0.316. The molecule has 0 atom stereocenters. The van der Waals surface area contributed by atoms with Crippen molar-refractivity contribution in [3.63, 3.8) is 0 Å². The molecule has 26 heavy (non-hydrogen) atoms. The second-order valence-corrected chi connectivity index (χ2v) is 7.80. The van der Waals surface area contributed by atoms with Gasteiger partial charge in [-0.15, -0.1) is 0 Å². The summed E-state index contributed by atoms with van der Waals surface area (Å²) in [4.78, 5) is 4.28. The molecule has 0 aliphatic heterocycles. The van der Waals surface area contributed by atoms with Crippen LogP contribution in [0.5, 0.6) is 0 Å². The van der Waals surface area contributed by atoms with E-state index in [-0.39, 0.29) is 17.7 Å². The maximum atomic E-state index is 13.3. The first kappa shape index (κ1) is 17.8. The van der Waals surface area contributed by atoms with Gasteiger partial charge in [-0.25, -0.2) is 4.98 Å². The van der Waals surface area contributed by atoms with Crippen molar-refractivity contribution in [1.29, 1.82) is 0 Å². The Kier molecular flexibility index (Phi) is 4.68. The SMILES string of the molecule is FC(F)(F)c1cc(I)cn2cc(C3CC(OCc4ccccc4)C3)nc12. The van der Waals surface area contributed by atoms with Crippen molar-refractivity contribution in [1.82, 2.24) is 9.38 Å². The zero-order valence-electron chi connectivity index (χ0n) is 13.7. The summed E-state index contributed by atoms with van der Waals surface area (Å²) in [6.07, 6.45) is 0.678. The van der Waals surface area contributed by atoms with Crippen LogP contribution >= 0.6 is 22.6 Å². The highest BCUT2D eigenvalue weighted by atomic mass is 127. The topological polar surface area (TPSA) is 26.5 Å². The van der Waals surface area contributed by atoms with Crippen molar-refractivity contribution in [3.05, 3.63) is 69.2 Å². The lowest BCUT2D eigenvalue weighted by molar-refractivity contribution is -0.136. The molecule has 0 amide bonds. The van der Waals surface area contributed by atoms with Crippen LogP contribution in [0.1, 0.15) is 35.6 Å². The van der Waals surface area contributed by atoms with E-state index < -0.39 is 11.7 Å². The van der Waals surface area contributed by atoms with E-state index in [1.807, 2.05) is 52.9 Å². The van der Waals surface area contributed by atoms with Gasteiger partial charge in [-0.3, -0.25) is 0 Å². The van der Waals surface area contributed by atoms with Crippen LogP contribution in [0.4, 0.5) is 13.2 Å². The first-order valence-electron chi connectivity index (χ1n) is 8.31. The Hall–Kier alpha value is -1.61. The van der Waals surface area contributed by atoms with Gasteiger partial charge in [0.25, 0.3) is 0 Å². The lowest BCUT2D eigenvalue weighted by Gasteiger charge is -2.34. The Morgan fingerprint density at radius 2 is 1.88 bits per heavy atom. The highest BCUT2D eigenvalue weighted by molar-refractivity contribution is 14.1. The predicted octanol–water partition coefficient (Wildman–Crippen LogP) is 5.42. The largest absolute Gasteiger partial charge is 0.420 e. The van der Waals surface area contributed by atoms with E-state index in [1.54, 1.807) is 12.4 Å². The molecular formula is C19H16F3IN2O. The molecule has 2 heterocycles. The summed E-state index contributed by atoms with van der Waals surface area (Å²) in [5.41, 5.74) is 1.11. The van der Waals surface area contributed by atoms with E-state index in [0.717, 1.165) is 24.5 Å². The van der Waals surface area contributed by atoms with Gasteiger partial charge in [0, 0.05) is 21.9 Å². The molecule has 0 radical (unpaired) electrons. The third-order valence-corrected chi connectivity index (χ3v) is 5.27. The Balaban J connectivity index is 1.46. The molecule has 2 aromatic heterocycles. The number of aromatic nitrogens is 2. The van der Waals surface area contributed by atoms with Crippen LogP contribution in [0.25, 0.3) is 5.65 Å². The average molecular weight is 472 g/mol. The minimum atomic E-state index is -4.41. The van der Waals surface area contributed by atoms with E-state index >= 15 is 0 Å². The summed E-state index contributed by atoms with van der Waals surface area (Å²) in [6.45, 7) is 0.555. The van der Waals surface area contributed by atoms with Crippen molar-refractivity contribution >= 4 is 28.2 Å². The van der Waals surface area contributed by atoms with Crippen LogP contribution in [-0.4, -0.2) is 15.5 Å². The number of pyridine rings is 1. The van der Waals surface area contributed by atoms with Gasteiger partial charge in [0.1, 0.15) is 5.65 Å². The van der Waals surface area contributed by atoms with Crippen LogP contribution in [0.2, 0.25) is 0 Å². The Labute approximate surface area is 162 Å². The van der Waals surface area contributed by atoms with Crippen molar-refractivity contribution in [2.45, 2.75) is 37.6 Å². The van der Waals surface area contributed by atoms with E-state index in [9.17, 15) is 13.2 Å². The molecule has 3 aromatic rings. The van der Waals surface area contributed by atoms with Gasteiger partial charge in [0.05, 0.1) is 24.0 Å². The minimum Gasteiger partial charge on any atom is -0.373 e. The van der Waals surface area contributed by atoms with Crippen LogP contribution in [0.3, 0.4) is 0 Å². The first-order chi connectivity index (χ1) is 12.4. The summed E-state index contributed by atoms with van der Waals surface area (Å²) in [6, 6.07) is 11.1. The molecule has 0 bridgehead atoms. The molecule has 1 saturated carbocycles. The maximum Gasteiger partial charge on any atom is 0.420 e. The van der Waals surface area contributed by atoms with Crippen LogP contribution in [0.15, 0.2) is 48.8 Å². The highest BCUT2D eigenvalue weighted by Gasteiger charge is 2.37. The summed E-state index contributed by atoms with van der Waals surface area (Å²) in [5, 5.41) is 0. The van der Waals surface area contributed by atoms with Crippen LogP contribution < -0.4 is 0 Å². The van der Waals surface area contributed by atoms with E-state index in [4.69, 9.17) is 4.74 Å². The summed E-state index contributed by atoms with van der Waals surface area (Å²) in [5.74, 6) is 0.148. The monoisotopic (exact) mass is 472 g/mol.